The van der Waals surface area contributed by atoms with Gasteiger partial charge in [0.05, 0.1) is 25.9 Å². The normalized spacial score (nSPS) is 16.8. The number of ketones is 1. The summed E-state index contributed by atoms with van der Waals surface area (Å²) in [6.07, 6.45) is 1.74. The van der Waals surface area contributed by atoms with Gasteiger partial charge in [-0.15, -0.1) is 12.4 Å². The summed E-state index contributed by atoms with van der Waals surface area (Å²) in [4.78, 5) is 39.8. The summed E-state index contributed by atoms with van der Waals surface area (Å²) in [5, 5.41) is 3.28. The van der Waals surface area contributed by atoms with E-state index in [1.165, 1.54) is 18.7 Å². The lowest BCUT2D eigenvalue weighted by atomic mass is 10.0. The molecule has 0 radical (unpaired) electrons. The fourth-order valence-electron chi connectivity index (χ4n) is 5.11. The van der Waals surface area contributed by atoms with Crippen LogP contribution in [0.15, 0.2) is 65.6 Å². The first-order valence-corrected chi connectivity index (χ1v) is 15.5. The van der Waals surface area contributed by atoms with Gasteiger partial charge in [0.1, 0.15) is 36.2 Å². The number of para-hydroxylation sites is 1. The van der Waals surface area contributed by atoms with Gasteiger partial charge in [-0.2, -0.15) is 4.89 Å². The zero-order valence-corrected chi connectivity index (χ0v) is 27.6. The molecule has 1 atom stereocenters. The van der Waals surface area contributed by atoms with Gasteiger partial charge in [0, 0.05) is 35.7 Å². The summed E-state index contributed by atoms with van der Waals surface area (Å²) >= 11 is 1.38. The molecule has 0 spiro atoms. The summed E-state index contributed by atoms with van der Waals surface area (Å²) in [6, 6.07) is 18.9. The highest BCUT2D eigenvalue weighted by Gasteiger charge is 2.49. The van der Waals surface area contributed by atoms with Gasteiger partial charge >= 0.3 is 0 Å². The Morgan fingerprint density at radius 3 is 2.64 bits per heavy atom. The van der Waals surface area contributed by atoms with Crippen molar-refractivity contribution < 1.29 is 33.6 Å². The topological polar surface area (TPSA) is 98.8 Å². The molecule has 0 bridgehead atoms. The maximum absolute atomic E-state index is 14.1. The second kappa shape index (κ2) is 15.7. The van der Waals surface area contributed by atoms with Gasteiger partial charge in [0.25, 0.3) is 5.91 Å². The predicted molar refractivity (Wildman–Crippen MR) is 176 cm³/mol. The van der Waals surface area contributed by atoms with Crippen molar-refractivity contribution in [2.75, 3.05) is 59.0 Å². The third-order valence-corrected chi connectivity index (χ3v) is 8.99. The van der Waals surface area contributed by atoms with Crippen LogP contribution in [0.3, 0.4) is 0 Å². The Bertz CT molecular complexity index is 1490. The number of likely N-dealkylation sites (N-methyl/N-ethyl adjacent to an activating group) is 2. The number of hydrogen-bond donors (Lipinski definition) is 1. The first-order chi connectivity index (χ1) is 21.3. The van der Waals surface area contributed by atoms with Gasteiger partial charge in [-0.3, -0.25) is 14.9 Å². The summed E-state index contributed by atoms with van der Waals surface area (Å²) < 4.78 is 17.7. The van der Waals surface area contributed by atoms with Gasteiger partial charge in [-0.1, -0.05) is 23.9 Å². The van der Waals surface area contributed by atoms with Crippen LogP contribution in [0.4, 0.5) is 5.69 Å². The Morgan fingerprint density at radius 1 is 1.04 bits per heavy atom. The Morgan fingerprint density at radius 2 is 1.84 bits per heavy atom. The second-order valence-electron chi connectivity index (χ2n) is 10.9. The number of hydrogen-bond acceptors (Lipinski definition) is 10. The monoisotopic (exact) mass is 657 g/mol. The van der Waals surface area contributed by atoms with Crippen LogP contribution >= 0.6 is 24.2 Å². The Hall–Kier alpha value is -3.48. The molecule has 1 N–H and O–H groups in total. The maximum atomic E-state index is 14.1. The maximum Gasteiger partial charge on any atom is 0.262 e. The van der Waals surface area contributed by atoms with E-state index in [1.807, 2.05) is 60.7 Å². The minimum Gasteiger partial charge on any atom is -0.497 e. The van der Waals surface area contributed by atoms with E-state index in [0.717, 1.165) is 47.8 Å². The average molecular weight is 658 g/mol. The van der Waals surface area contributed by atoms with Crippen LogP contribution in [0.1, 0.15) is 30.9 Å². The van der Waals surface area contributed by atoms with Gasteiger partial charge < -0.3 is 28.9 Å². The molecule has 2 heterocycles. The fraction of sp³-hybridized carbons (Fsp3) is 0.394. The number of unbranched alkanes of at least 4 members (excludes halogenated alkanes) is 1. The van der Waals surface area contributed by atoms with E-state index in [4.69, 9.17) is 24.0 Å². The first kappa shape index (κ1) is 34.4. The third kappa shape index (κ3) is 8.03. The van der Waals surface area contributed by atoms with E-state index in [1.54, 1.807) is 19.1 Å². The predicted octanol–water partition coefficient (Wildman–Crippen LogP) is 5.21. The number of benzene rings is 3. The van der Waals surface area contributed by atoms with Crippen LogP contribution in [0.2, 0.25) is 0 Å². The van der Waals surface area contributed by atoms with Crippen molar-refractivity contribution in [3.63, 3.8) is 0 Å². The summed E-state index contributed by atoms with van der Waals surface area (Å²) in [7, 11) is 5.40. The number of methoxy groups -OCH3 is 1. The molecular weight excluding hydrogens is 618 g/mol. The Labute approximate surface area is 274 Å². The molecule has 0 aromatic heterocycles. The lowest BCUT2D eigenvalue weighted by Crippen LogP contribution is -2.55. The number of ether oxygens (including phenoxy) is 3. The van der Waals surface area contributed by atoms with E-state index >= 15 is 0 Å². The zero-order chi connectivity index (χ0) is 31.1. The molecule has 10 nitrogen and oxygen atoms in total. The molecule has 0 fully saturated rings. The highest BCUT2D eigenvalue weighted by atomic mass is 35.5. The van der Waals surface area contributed by atoms with Crippen LogP contribution in [0.25, 0.3) is 0 Å². The fourth-order valence-corrected chi connectivity index (χ4v) is 6.54. The molecule has 45 heavy (non-hydrogen) atoms. The number of Topliss-reactive ketones (excluding diaryl/α,β-unsaturated/α-hetero) is 1. The molecule has 0 aliphatic carbocycles. The van der Waals surface area contributed by atoms with Crippen LogP contribution in [0.5, 0.6) is 23.0 Å². The van der Waals surface area contributed by atoms with Crippen molar-refractivity contribution in [3.05, 3.63) is 71.8 Å². The van der Waals surface area contributed by atoms with Crippen molar-refractivity contribution >= 4 is 41.5 Å². The van der Waals surface area contributed by atoms with E-state index < -0.39 is 4.87 Å². The van der Waals surface area contributed by atoms with Crippen molar-refractivity contribution in [1.29, 1.82) is 0 Å². The van der Waals surface area contributed by atoms with E-state index in [9.17, 15) is 9.59 Å². The van der Waals surface area contributed by atoms with Gasteiger partial charge in [-0.05, 0) is 75.8 Å². The number of nitrogens with one attached hydrogen (secondary N) is 1. The number of carbonyl (C=O) groups excluding carboxylic acids is 2. The van der Waals surface area contributed by atoms with Crippen LogP contribution in [-0.4, -0.2) is 70.6 Å². The molecule has 0 saturated carbocycles. The first-order valence-electron chi connectivity index (χ1n) is 14.7. The standard InChI is InChI=1S/C33H39N3O7S.ClH/c1-23(37)21-34-33(32(38)36(3)28-9-5-6-10-31(28)44-33)27-19-25(39-4)13-14-29(27)41-17-8-7-15-35(2)16-18-40-26-12-11-24-22-42-43-30(24)20-26;/h5-6,9-14,19-20,34H,7-8,15-18,21-22H2,1-4H3;1H. The highest BCUT2D eigenvalue weighted by Crippen LogP contribution is 2.51. The molecule has 2 aliphatic rings. The van der Waals surface area contributed by atoms with Gasteiger partial charge in [-0.25, -0.2) is 0 Å². The average Bonchev–Trinajstić information content (AvgIpc) is 3.50. The zero-order valence-electron chi connectivity index (χ0n) is 26.0. The lowest BCUT2D eigenvalue weighted by Gasteiger charge is -2.41. The molecule has 3 aromatic carbocycles. The Kier molecular flexibility index (Phi) is 12.0. The van der Waals surface area contributed by atoms with Gasteiger partial charge in [0.2, 0.25) is 0 Å². The number of anilines is 1. The minimum absolute atomic E-state index is 0. The van der Waals surface area contributed by atoms with E-state index in [0.29, 0.717) is 42.6 Å². The second-order valence-corrected chi connectivity index (χ2v) is 12.1. The molecule has 0 saturated heterocycles. The van der Waals surface area contributed by atoms with E-state index in [2.05, 4.69) is 17.3 Å². The largest absolute Gasteiger partial charge is 0.497 e. The van der Waals surface area contributed by atoms with Gasteiger partial charge in [0.15, 0.2) is 10.6 Å². The molecule has 1 unspecified atom stereocenters. The smallest absolute Gasteiger partial charge is 0.262 e. The summed E-state index contributed by atoms with van der Waals surface area (Å²) in [5.41, 5.74) is 2.45. The third-order valence-electron chi connectivity index (χ3n) is 7.58. The van der Waals surface area contributed by atoms with E-state index in [-0.39, 0.29) is 30.6 Å². The minimum atomic E-state index is -1.28. The van der Waals surface area contributed by atoms with Crippen LogP contribution in [-0.2, 0) is 26.0 Å². The number of rotatable bonds is 15. The number of fused-ring (bicyclic) bond motifs is 2. The van der Waals surface area contributed by atoms with Crippen molar-refractivity contribution in [2.24, 2.45) is 0 Å². The van der Waals surface area contributed by atoms with Crippen molar-refractivity contribution in [3.8, 4) is 23.0 Å². The molecule has 5 rings (SSSR count). The molecule has 12 heteroatoms. The molecular formula is C33H40ClN3O7S. The number of nitrogens with zero attached hydrogens (tertiary/aromatic N) is 2. The SMILES string of the molecule is COc1ccc(OCCCCN(C)CCOc2ccc3c(c2)OOC3)c(C2(NCC(C)=O)Sc3ccccc3N(C)C2=O)c1.Cl. The molecule has 242 valence electrons. The summed E-state index contributed by atoms with van der Waals surface area (Å²) in [6.45, 7) is 4.66. The Balaban J connectivity index is 0.00000461. The number of carbonyl (C=O) groups is 2. The van der Waals surface area contributed by atoms with Crippen molar-refractivity contribution in [2.45, 2.75) is 36.1 Å². The molecule has 3 aromatic rings. The number of amides is 1. The molecule has 1 amide bonds. The van der Waals surface area contributed by atoms with Crippen molar-refractivity contribution in [1.82, 2.24) is 10.2 Å². The highest BCUT2D eigenvalue weighted by molar-refractivity contribution is 8.01. The number of thioether (sulfide) groups is 1. The number of halogens is 1. The lowest BCUT2D eigenvalue weighted by molar-refractivity contribution is -0.194. The summed E-state index contributed by atoms with van der Waals surface area (Å²) in [5.74, 6) is 2.36. The van der Waals surface area contributed by atoms with Crippen LogP contribution < -0.4 is 29.3 Å². The molecule has 2 aliphatic heterocycles. The quantitative estimate of drug-likeness (QED) is 0.173. The van der Waals surface area contributed by atoms with Crippen LogP contribution in [0, 0.1) is 0 Å².